The fraction of sp³-hybridized carbons (Fsp3) is 0.611. The lowest BCUT2D eigenvalue weighted by molar-refractivity contribution is 0.0206. The molecular formula is C18H28O3. The van der Waals surface area contributed by atoms with Gasteiger partial charge < -0.3 is 9.47 Å². The zero-order valence-electron chi connectivity index (χ0n) is 13.3. The number of rotatable bonds is 10. The van der Waals surface area contributed by atoms with Gasteiger partial charge in [-0.2, -0.15) is 0 Å². The van der Waals surface area contributed by atoms with Gasteiger partial charge >= 0.3 is 6.16 Å². The topological polar surface area (TPSA) is 35.5 Å². The van der Waals surface area contributed by atoms with Crippen LogP contribution in [-0.2, 0) is 9.47 Å². The second kappa shape index (κ2) is 11.2. The molecule has 0 amide bonds. The van der Waals surface area contributed by atoms with Crippen LogP contribution < -0.4 is 0 Å². The first-order valence-corrected chi connectivity index (χ1v) is 8.16. The van der Waals surface area contributed by atoms with Gasteiger partial charge in [0, 0.05) is 0 Å². The van der Waals surface area contributed by atoms with Crippen LogP contribution in [0.15, 0.2) is 30.3 Å². The second-order valence-corrected chi connectivity index (χ2v) is 5.29. The van der Waals surface area contributed by atoms with E-state index in [-0.39, 0.29) is 6.10 Å². The summed E-state index contributed by atoms with van der Waals surface area (Å²) in [5.74, 6) is 0. The van der Waals surface area contributed by atoms with E-state index >= 15 is 0 Å². The van der Waals surface area contributed by atoms with E-state index in [0.29, 0.717) is 6.61 Å². The van der Waals surface area contributed by atoms with Crippen molar-refractivity contribution in [2.75, 3.05) is 6.61 Å². The van der Waals surface area contributed by atoms with Gasteiger partial charge in [-0.05, 0) is 18.4 Å². The highest BCUT2D eigenvalue weighted by molar-refractivity contribution is 5.60. The van der Waals surface area contributed by atoms with Gasteiger partial charge in [-0.1, -0.05) is 76.3 Å². The molecule has 3 nitrogen and oxygen atoms in total. The summed E-state index contributed by atoms with van der Waals surface area (Å²) in [6.07, 6.45) is 7.03. The molecule has 0 aliphatic heterocycles. The summed E-state index contributed by atoms with van der Waals surface area (Å²) in [5.41, 5.74) is 1.01. The molecule has 0 radical (unpaired) electrons. The highest BCUT2D eigenvalue weighted by Crippen LogP contribution is 2.21. The van der Waals surface area contributed by atoms with Crippen LogP contribution in [0.25, 0.3) is 0 Å². The molecule has 0 aliphatic carbocycles. The van der Waals surface area contributed by atoms with E-state index < -0.39 is 6.16 Å². The molecule has 1 atom stereocenters. The minimum Gasteiger partial charge on any atom is -0.434 e. The highest BCUT2D eigenvalue weighted by Gasteiger charge is 2.15. The molecular weight excluding hydrogens is 264 g/mol. The Bertz CT molecular complexity index is 375. The molecule has 0 spiro atoms. The maximum absolute atomic E-state index is 11.7. The van der Waals surface area contributed by atoms with Gasteiger partial charge in [0.2, 0.25) is 0 Å². The van der Waals surface area contributed by atoms with Crippen LogP contribution in [0, 0.1) is 0 Å². The molecule has 1 rings (SSSR count). The molecule has 0 aliphatic rings. The van der Waals surface area contributed by atoms with Gasteiger partial charge in [-0.15, -0.1) is 0 Å². The third-order valence-electron chi connectivity index (χ3n) is 3.50. The summed E-state index contributed by atoms with van der Waals surface area (Å²) in [4.78, 5) is 11.7. The minimum absolute atomic E-state index is 0.219. The summed E-state index contributed by atoms with van der Waals surface area (Å²) in [5, 5.41) is 0. The predicted molar refractivity (Wildman–Crippen MR) is 85.3 cm³/mol. The normalized spacial score (nSPS) is 11.9. The average Bonchev–Trinajstić information content (AvgIpc) is 2.52. The third-order valence-corrected chi connectivity index (χ3v) is 3.50. The van der Waals surface area contributed by atoms with Gasteiger partial charge in [0.05, 0.1) is 6.61 Å². The molecule has 0 saturated carbocycles. The number of hydrogen-bond acceptors (Lipinski definition) is 3. The molecule has 0 bridgehead atoms. The summed E-state index contributed by atoms with van der Waals surface area (Å²) in [6, 6.07) is 9.78. The van der Waals surface area contributed by atoms with Crippen LogP contribution in [0.2, 0.25) is 0 Å². The first-order valence-electron chi connectivity index (χ1n) is 8.16. The SMILES string of the molecule is CCCCCCCCOC(=O)OC(CC)c1ccccc1. The lowest BCUT2D eigenvalue weighted by atomic mass is 10.1. The van der Waals surface area contributed by atoms with Crippen LogP contribution in [0.1, 0.15) is 70.5 Å². The molecule has 118 valence electrons. The van der Waals surface area contributed by atoms with E-state index in [1.807, 2.05) is 37.3 Å². The number of carbonyl (C=O) groups is 1. The standard InChI is InChI=1S/C18H28O3/c1-3-5-6-7-8-12-15-20-18(19)21-17(4-2)16-13-10-9-11-14-16/h9-11,13-14,17H,3-8,12,15H2,1-2H3. The second-order valence-electron chi connectivity index (χ2n) is 5.29. The molecule has 21 heavy (non-hydrogen) atoms. The Morgan fingerprint density at radius 3 is 2.33 bits per heavy atom. The lowest BCUT2D eigenvalue weighted by Gasteiger charge is -2.16. The zero-order valence-corrected chi connectivity index (χ0v) is 13.3. The smallest absolute Gasteiger partial charge is 0.434 e. The number of benzene rings is 1. The van der Waals surface area contributed by atoms with E-state index in [4.69, 9.17) is 9.47 Å². The predicted octanol–water partition coefficient (Wildman–Crippen LogP) is 5.65. The number of hydrogen-bond donors (Lipinski definition) is 0. The Hall–Kier alpha value is -1.51. The van der Waals surface area contributed by atoms with Crippen molar-refractivity contribution >= 4 is 6.16 Å². The van der Waals surface area contributed by atoms with Gasteiger partial charge in [0.1, 0.15) is 6.10 Å². The average molecular weight is 292 g/mol. The van der Waals surface area contributed by atoms with E-state index in [2.05, 4.69) is 6.92 Å². The van der Waals surface area contributed by atoms with Crippen LogP contribution >= 0.6 is 0 Å². The Balaban J connectivity index is 2.17. The van der Waals surface area contributed by atoms with E-state index in [1.165, 1.54) is 25.7 Å². The van der Waals surface area contributed by atoms with Crippen molar-refractivity contribution in [3.8, 4) is 0 Å². The third kappa shape index (κ3) is 7.74. The summed E-state index contributed by atoms with van der Waals surface area (Å²) in [6.45, 7) is 4.66. The monoisotopic (exact) mass is 292 g/mol. The summed E-state index contributed by atoms with van der Waals surface area (Å²) >= 11 is 0. The largest absolute Gasteiger partial charge is 0.508 e. The Kier molecular flexibility index (Phi) is 9.34. The van der Waals surface area contributed by atoms with Crippen LogP contribution in [0.5, 0.6) is 0 Å². The summed E-state index contributed by atoms with van der Waals surface area (Å²) in [7, 11) is 0. The number of carbonyl (C=O) groups excluding carboxylic acids is 1. The van der Waals surface area contributed by atoms with Crippen LogP contribution in [0.3, 0.4) is 0 Å². The molecule has 0 aromatic heterocycles. The molecule has 0 N–H and O–H groups in total. The fourth-order valence-electron chi connectivity index (χ4n) is 2.24. The van der Waals surface area contributed by atoms with Crippen molar-refractivity contribution in [1.82, 2.24) is 0 Å². The van der Waals surface area contributed by atoms with Crippen molar-refractivity contribution in [3.05, 3.63) is 35.9 Å². The first-order chi connectivity index (χ1) is 10.3. The molecule has 1 aromatic carbocycles. The highest BCUT2D eigenvalue weighted by atomic mass is 16.7. The van der Waals surface area contributed by atoms with Gasteiger partial charge in [0.25, 0.3) is 0 Å². The van der Waals surface area contributed by atoms with Crippen LogP contribution in [0.4, 0.5) is 4.79 Å². The number of ether oxygens (including phenoxy) is 2. The van der Waals surface area contributed by atoms with Gasteiger partial charge in [0.15, 0.2) is 0 Å². The van der Waals surface area contributed by atoms with Crippen molar-refractivity contribution in [2.45, 2.75) is 64.9 Å². The van der Waals surface area contributed by atoms with E-state index in [1.54, 1.807) is 0 Å². The Morgan fingerprint density at radius 1 is 1.00 bits per heavy atom. The fourth-order valence-corrected chi connectivity index (χ4v) is 2.24. The quantitative estimate of drug-likeness (QED) is 0.413. The molecule has 3 heteroatoms. The molecule has 0 saturated heterocycles. The van der Waals surface area contributed by atoms with Crippen LogP contribution in [-0.4, -0.2) is 12.8 Å². The first kappa shape index (κ1) is 17.5. The molecule has 0 fully saturated rings. The molecule has 1 aromatic rings. The Labute approximate surface area is 128 Å². The molecule has 0 heterocycles. The summed E-state index contributed by atoms with van der Waals surface area (Å²) < 4.78 is 10.5. The minimum atomic E-state index is -0.556. The van der Waals surface area contributed by atoms with Gasteiger partial charge in [-0.3, -0.25) is 0 Å². The van der Waals surface area contributed by atoms with E-state index in [9.17, 15) is 4.79 Å². The van der Waals surface area contributed by atoms with Crippen molar-refractivity contribution in [3.63, 3.8) is 0 Å². The maximum Gasteiger partial charge on any atom is 0.508 e. The van der Waals surface area contributed by atoms with Crippen molar-refractivity contribution in [2.24, 2.45) is 0 Å². The lowest BCUT2D eigenvalue weighted by Crippen LogP contribution is -2.13. The molecule has 1 unspecified atom stereocenters. The zero-order chi connectivity index (χ0) is 15.3. The number of unbranched alkanes of at least 4 members (excludes halogenated alkanes) is 5. The Morgan fingerprint density at radius 2 is 1.67 bits per heavy atom. The van der Waals surface area contributed by atoms with Gasteiger partial charge in [-0.25, -0.2) is 4.79 Å². The maximum atomic E-state index is 11.7. The van der Waals surface area contributed by atoms with Crippen molar-refractivity contribution < 1.29 is 14.3 Å². The van der Waals surface area contributed by atoms with E-state index in [0.717, 1.165) is 24.8 Å². The van der Waals surface area contributed by atoms with Crippen molar-refractivity contribution in [1.29, 1.82) is 0 Å².